The molecule has 1 heterocycles. The molecule has 0 aliphatic rings. The van der Waals surface area contributed by atoms with E-state index in [2.05, 4.69) is 29.4 Å². The zero-order chi connectivity index (χ0) is 15.9. The summed E-state index contributed by atoms with van der Waals surface area (Å²) in [4.78, 5) is 12.4. The van der Waals surface area contributed by atoms with Crippen molar-refractivity contribution in [1.82, 2.24) is 10.2 Å². The van der Waals surface area contributed by atoms with Gasteiger partial charge in [-0.2, -0.15) is 0 Å². The second-order valence-corrected chi connectivity index (χ2v) is 6.75. The molecule has 1 N–H and O–H groups in total. The van der Waals surface area contributed by atoms with Crippen molar-refractivity contribution in [2.45, 2.75) is 37.5 Å². The molecule has 0 aliphatic heterocycles. The largest absolute Gasteiger partial charge is 0.300 e. The number of hydrogen-bond donors (Lipinski definition) is 1. The van der Waals surface area contributed by atoms with Gasteiger partial charge in [0.05, 0.1) is 5.75 Å². The number of nitrogens with one attached hydrogen (secondary N) is 1. The monoisotopic (exact) mass is 339 g/mol. The summed E-state index contributed by atoms with van der Waals surface area (Å²) in [6.07, 6.45) is 2.00. The second kappa shape index (κ2) is 8.24. The van der Waals surface area contributed by atoms with Gasteiger partial charge in [0, 0.05) is 10.8 Å². The maximum absolute atomic E-state index is 13.5. The van der Waals surface area contributed by atoms with Crippen molar-refractivity contribution in [3.63, 3.8) is 0 Å². The quantitative estimate of drug-likeness (QED) is 0.764. The fourth-order valence-electron chi connectivity index (χ4n) is 1.95. The van der Waals surface area contributed by atoms with Crippen LogP contribution in [0.4, 0.5) is 9.52 Å². The summed E-state index contributed by atoms with van der Waals surface area (Å²) in [6, 6.07) is 6.41. The Labute approximate surface area is 137 Å². The van der Waals surface area contributed by atoms with E-state index < -0.39 is 0 Å². The van der Waals surface area contributed by atoms with Crippen LogP contribution in [0.1, 0.15) is 37.6 Å². The van der Waals surface area contributed by atoms with E-state index in [0.717, 1.165) is 17.8 Å². The number of halogens is 1. The van der Waals surface area contributed by atoms with Crippen LogP contribution in [0.2, 0.25) is 0 Å². The van der Waals surface area contributed by atoms with E-state index in [1.807, 2.05) is 0 Å². The minimum atomic E-state index is -0.313. The molecule has 4 nitrogen and oxygen atoms in total. The van der Waals surface area contributed by atoms with Gasteiger partial charge in [0.25, 0.3) is 0 Å². The Kier molecular flexibility index (Phi) is 6.33. The van der Waals surface area contributed by atoms with E-state index in [4.69, 9.17) is 0 Å². The summed E-state index contributed by atoms with van der Waals surface area (Å²) >= 11 is 2.57. The molecule has 0 fully saturated rings. The van der Waals surface area contributed by atoms with Crippen LogP contribution in [0, 0.1) is 5.82 Å². The van der Waals surface area contributed by atoms with Gasteiger partial charge in [-0.25, -0.2) is 4.39 Å². The normalized spacial score (nSPS) is 10.9. The van der Waals surface area contributed by atoms with Crippen LogP contribution in [-0.2, 0) is 4.79 Å². The molecule has 2 rings (SSSR count). The lowest BCUT2D eigenvalue weighted by molar-refractivity contribution is -0.113. The molecule has 0 radical (unpaired) electrons. The summed E-state index contributed by atoms with van der Waals surface area (Å²) < 4.78 is 13.5. The van der Waals surface area contributed by atoms with Gasteiger partial charge in [0.2, 0.25) is 11.0 Å². The average molecular weight is 339 g/mol. The van der Waals surface area contributed by atoms with Gasteiger partial charge in [-0.15, -0.1) is 22.0 Å². The molecule has 0 aliphatic carbocycles. The molecule has 22 heavy (non-hydrogen) atoms. The zero-order valence-corrected chi connectivity index (χ0v) is 14.1. The topological polar surface area (TPSA) is 54.9 Å². The third-order valence-electron chi connectivity index (χ3n) is 3.22. The van der Waals surface area contributed by atoms with E-state index in [9.17, 15) is 9.18 Å². The Balaban J connectivity index is 1.88. The highest BCUT2D eigenvalue weighted by atomic mass is 32.2. The van der Waals surface area contributed by atoms with E-state index in [0.29, 0.717) is 15.9 Å². The highest BCUT2D eigenvalue weighted by Gasteiger charge is 2.15. The van der Waals surface area contributed by atoms with Crippen molar-refractivity contribution >= 4 is 34.1 Å². The fraction of sp³-hybridized carbons (Fsp3) is 0.400. The molecule has 0 unspecified atom stereocenters. The van der Waals surface area contributed by atoms with Crippen molar-refractivity contribution in [1.29, 1.82) is 0 Å². The Morgan fingerprint density at radius 3 is 2.73 bits per heavy atom. The molecule has 0 bridgehead atoms. The van der Waals surface area contributed by atoms with Gasteiger partial charge < -0.3 is 0 Å². The first-order valence-corrected chi connectivity index (χ1v) is 8.94. The third kappa shape index (κ3) is 4.51. The minimum absolute atomic E-state index is 0.140. The van der Waals surface area contributed by atoms with Crippen LogP contribution in [-0.4, -0.2) is 21.9 Å². The number of anilines is 1. The molecule has 0 saturated carbocycles. The zero-order valence-electron chi connectivity index (χ0n) is 12.5. The van der Waals surface area contributed by atoms with Crippen LogP contribution in [0.25, 0.3) is 0 Å². The van der Waals surface area contributed by atoms with Gasteiger partial charge in [-0.3, -0.25) is 10.1 Å². The lowest BCUT2D eigenvalue weighted by atomic mass is 10.1. The maximum Gasteiger partial charge on any atom is 0.236 e. The van der Waals surface area contributed by atoms with Crippen molar-refractivity contribution in [3.05, 3.63) is 35.1 Å². The fourth-order valence-corrected chi connectivity index (χ4v) is 3.71. The molecule has 2 aromatic rings. The Bertz CT molecular complexity index is 629. The average Bonchev–Trinajstić information content (AvgIpc) is 2.96. The molecule has 1 aromatic carbocycles. The summed E-state index contributed by atoms with van der Waals surface area (Å²) in [5.41, 5.74) is 0. The molecule has 7 heteroatoms. The smallest absolute Gasteiger partial charge is 0.236 e. The van der Waals surface area contributed by atoms with Crippen LogP contribution in [0.15, 0.2) is 29.2 Å². The second-order valence-electron chi connectivity index (χ2n) is 4.73. The highest BCUT2D eigenvalue weighted by Crippen LogP contribution is 2.28. The summed E-state index contributed by atoms with van der Waals surface area (Å²) in [7, 11) is 0. The third-order valence-corrected chi connectivity index (χ3v) is 5.27. The van der Waals surface area contributed by atoms with Crippen LogP contribution in [0.3, 0.4) is 0 Å². The van der Waals surface area contributed by atoms with Crippen LogP contribution >= 0.6 is 23.1 Å². The number of carbonyl (C=O) groups excluding carboxylic acids is 1. The standard InChI is InChI=1S/C15H18FN3OS2/c1-3-10(4-2)14-18-19-15(22-14)17-13(20)9-21-12-8-6-5-7-11(12)16/h5-8,10H,3-4,9H2,1-2H3,(H,17,19,20). The van der Waals surface area contributed by atoms with Crippen molar-refractivity contribution in [2.75, 3.05) is 11.1 Å². The minimum Gasteiger partial charge on any atom is -0.300 e. The van der Waals surface area contributed by atoms with Gasteiger partial charge in [-0.1, -0.05) is 37.3 Å². The molecular formula is C15H18FN3OS2. The maximum atomic E-state index is 13.5. The highest BCUT2D eigenvalue weighted by molar-refractivity contribution is 8.00. The Morgan fingerprint density at radius 2 is 2.05 bits per heavy atom. The van der Waals surface area contributed by atoms with Gasteiger partial charge >= 0.3 is 0 Å². The van der Waals surface area contributed by atoms with Gasteiger partial charge in [-0.05, 0) is 25.0 Å². The first kappa shape index (κ1) is 16.9. The molecule has 0 saturated heterocycles. The molecule has 1 aromatic heterocycles. The number of hydrogen-bond acceptors (Lipinski definition) is 5. The lowest BCUT2D eigenvalue weighted by Crippen LogP contribution is -2.13. The summed E-state index contributed by atoms with van der Waals surface area (Å²) in [6.45, 7) is 4.22. The number of amides is 1. The van der Waals surface area contributed by atoms with Crippen LogP contribution < -0.4 is 5.32 Å². The SMILES string of the molecule is CCC(CC)c1nnc(NC(=O)CSc2ccccc2F)s1. The number of rotatable bonds is 7. The number of benzene rings is 1. The number of thioether (sulfide) groups is 1. The van der Waals surface area contributed by atoms with Gasteiger partial charge in [0.15, 0.2) is 0 Å². The molecule has 0 spiro atoms. The molecule has 0 atom stereocenters. The van der Waals surface area contributed by atoms with E-state index in [1.54, 1.807) is 18.2 Å². The Morgan fingerprint density at radius 1 is 1.32 bits per heavy atom. The van der Waals surface area contributed by atoms with E-state index >= 15 is 0 Å². The molecule has 118 valence electrons. The molecular weight excluding hydrogens is 321 g/mol. The van der Waals surface area contributed by atoms with Crippen molar-refractivity contribution in [2.24, 2.45) is 0 Å². The summed E-state index contributed by atoms with van der Waals surface area (Å²) in [5, 5.41) is 12.3. The number of carbonyl (C=O) groups is 1. The number of nitrogens with zero attached hydrogens (tertiary/aromatic N) is 2. The summed E-state index contributed by atoms with van der Waals surface area (Å²) in [5.74, 6) is 0.00423. The van der Waals surface area contributed by atoms with Crippen molar-refractivity contribution in [3.8, 4) is 0 Å². The Hall–Kier alpha value is -1.47. The van der Waals surface area contributed by atoms with Crippen LogP contribution in [0.5, 0.6) is 0 Å². The van der Waals surface area contributed by atoms with E-state index in [-0.39, 0.29) is 17.5 Å². The van der Waals surface area contributed by atoms with E-state index in [1.165, 1.54) is 29.2 Å². The first-order valence-electron chi connectivity index (χ1n) is 7.14. The predicted molar refractivity (Wildman–Crippen MR) is 89.0 cm³/mol. The lowest BCUT2D eigenvalue weighted by Gasteiger charge is -2.05. The predicted octanol–water partition coefficient (Wildman–Crippen LogP) is 4.31. The number of aromatic nitrogens is 2. The van der Waals surface area contributed by atoms with Crippen molar-refractivity contribution < 1.29 is 9.18 Å². The first-order chi connectivity index (χ1) is 10.6. The molecule has 1 amide bonds. The van der Waals surface area contributed by atoms with Gasteiger partial charge in [0.1, 0.15) is 10.8 Å².